The molecule has 0 saturated carbocycles. The van der Waals surface area contributed by atoms with Gasteiger partial charge in [-0.25, -0.2) is 4.98 Å². The number of pyridine rings is 1. The molecule has 10 nitrogen and oxygen atoms in total. The number of primary amides is 1. The number of hydrogen-bond acceptors (Lipinski definition) is 6. The van der Waals surface area contributed by atoms with E-state index in [9.17, 15) is 18.6 Å². The molecule has 4 rings (SSSR count). The minimum Gasteiger partial charge on any atom is -0.368 e. The quantitative estimate of drug-likeness (QED) is 0.389. The Labute approximate surface area is 232 Å². The largest absolute Gasteiger partial charge is 0.368 e. The van der Waals surface area contributed by atoms with Crippen LogP contribution in [0.15, 0.2) is 42.6 Å². The average Bonchev–Trinajstić information content (AvgIpc) is 3.28. The van der Waals surface area contributed by atoms with Gasteiger partial charge in [0.05, 0.1) is 11.6 Å². The highest BCUT2D eigenvalue weighted by molar-refractivity contribution is 7.85. The van der Waals surface area contributed by atoms with Crippen molar-refractivity contribution in [2.24, 2.45) is 11.7 Å². The summed E-state index contributed by atoms with van der Waals surface area (Å²) in [5, 5.41) is 0.769. The van der Waals surface area contributed by atoms with Crippen LogP contribution in [0.5, 0.6) is 0 Å². The Morgan fingerprint density at radius 2 is 1.87 bits per heavy atom. The van der Waals surface area contributed by atoms with E-state index in [1.807, 2.05) is 0 Å². The zero-order chi connectivity index (χ0) is 27.4. The second kappa shape index (κ2) is 12.1. The van der Waals surface area contributed by atoms with Crippen LogP contribution < -0.4 is 10.6 Å². The number of aromatic nitrogens is 3. The molecule has 0 atom stereocenters. The smallest absolute Gasteiger partial charge is 0.274 e. The second-order valence-electron chi connectivity index (χ2n) is 8.93. The molecule has 0 bridgehead atoms. The van der Waals surface area contributed by atoms with E-state index in [1.165, 1.54) is 11.9 Å². The second-order valence-corrected chi connectivity index (χ2v) is 11.5. The minimum absolute atomic E-state index is 0.0271. The van der Waals surface area contributed by atoms with Gasteiger partial charge < -0.3 is 10.6 Å². The van der Waals surface area contributed by atoms with Crippen LogP contribution in [0, 0.1) is 5.92 Å². The molecule has 3 amide bonds. The fraction of sp³-hybridized carbons (Fsp3) is 0.320. The molecular formula is C25H26Cl2N6O4S. The maximum absolute atomic E-state index is 13.8. The zero-order valence-corrected chi connectivity index (χ0v) is 22.9. The number of rotatable bonds is 9. The fourth-order valence-corrected chi connectivity index (χ4v) is 6.05. The molecule has 13 heteroatoms. The topological polar surface area (TPSA) is 131 Å². The summed E-state index contributed by atoms with van der Waals surface area (Å²) in [6.07, 6.45) is 3.52. The van der Waals surface area contributed by atoms with Crippen LogP contribution in [0.2, 0.25) is 10.0 Å². The highest BCUT2D eigenvalue weighted by atomic mass is 35.5. The van der Waals surface area contributed by atoms with Crippen molar-refractivity contribution in [2.75, 3.05) is 36.5 Å². The monoisotopic (exact) mass is 576 g/mol. The van der Waals surface area contributed by atoms with E-state index in [0.717, 1.165) is 4.90 Å². The number of hydrogen-bond donors (Lipinski definition) is 1. The summed E-state index contributed by atoms with van der Waals surface area (Å²) in [5.74, 6) is 0.204. The molecule has 0 radical (unpaired) electrons. The Hall–Kier alpha value is -3.28. The summed E-state index contributed by atoms with van der Waals surface area (Å²) in [6, 6.07) is 10.0. The first-order valence-corrected chi connectivity index (χ1v) is 14.0. The minimum atomic E-state index is -0.865. The maximum atomic E-state index is 13.8. The summed E-state index contributed by atoms with van der Waals surface area (Å²) in [4.78, 5) is 49.6. The van der Waals surface area contributed by atoms with E-state index in [1.54, 1.807) is 47.2 Å². The maximum Gasteiger partial charge on any atom is 0.274 e. The summed E-state index contributed by atoms with van der Waals surface area (Å²) in [7, 11) is 0.571. The molecule has 3 heterocycles. The van der Waals surface area contributed by atoms with Crippen LogP contribution in [0.1, 0.15) is 23.3 Å². The number of amides is 3. The van der Waals surface area contributed by atoms with Crippen molar-refractivity contribution in [3.8, 4) is 17.2 Å². The third kappa shape index (κ3) is 6.06. The Bertz CT molecular complexity index is 1370. The third-order valence-electron chi connectivity index (χ3n) is 6.22. The van der Waals surface area contributed by atoms with Crippen LogP contribution in [0.3, 0.4) is 0 Å². The van der Waals surface area contributed by atoms with Gasteiger partial charge in [0, 0.05) is 52.8 Å². The van der Waals surface area contributed by atoms with E-state index < -0.39 is 22.6 Å². The van der Waals surface area contributed by atoms with E-state index >= 15 is 0 Å². The Morgan fingerprint density at radius 3 is 2.47 bits per heavy atom. The number of nitrogens with two attached hydrogens (primary N) is 1. The van der Waals surface area contributed by atoms with Crippen LogP contribution in [-0.2, 0) is 20.4 Å². The number of benzene rings is 1. The Balaban J connectivity index is 1.94. The third-order valence-corrected chi connectivity index (χ3v) is 8.16. The van der Waals surface area contributed by atoms with Gasteiger partial charge in [-0.1, -0.05) is 23.2 Å². The first-order valence-electron chi connectivity index (χ1n) is 11.8. The molecule has 1 aliphatic rings. The van der Waals surface area contributed by atoms with E-state index in [0.29, 0.717) is 47.2 Å². The number of anilines is 1. The molecule has 3 aromatic rings. The molecule has 1 saturated heterocycles. The van der Waals surface area contributed by atoms with Gasteiger partial charge in [-0.05, 0) is 55.2 Å². The number of likely N-dealkylation sites (N-methyl/N-ethyl adjacent to an activating group) is 1. The lowest BCUT2D eigenvalue weighted by molar-refractivity contribution is -0.118. The van der Waals surface area contributed by atoms with Crippen molar-refractivity contribution in [3.63, 3.8) is 0 Å². The Morgan fingerprint density at radius 1 is 1.18 bits per heavy atom. The van der Waals surface area contributed by atoms with Crippen LogP contribution in [-0.4, -0.2) is 73.5 Å². The van der Waals surface area contributed by atoms with Gasteiger partial charge >= 0.3 is 0 Å². The van der Waals surface area contributed by atoms with E-state index in [4.69, 9.17) is 33.9 Å². The Kier molecular flexibility index (Phi) is 8.80. The molecule has 2 N–H and O–H groups in total. The van der Waals surface area contributed by atoms with Gasteiger partial charge in [-0.3, -0.25) is 33.0 Å². The van der Waals surface area contributed by atoms with Gasteiger partial charge in [-0.15, -0.1) is 0 Å². The van der Waals surface area contributed by atoms with Gasteiger partial charge in [-0.2, -0.15) is 0 Å². The predicted molar refractivity (Wildman–Crippen MR) is 147 cm³/mol. The van der Waals surface area contributed by atoms with Crippen molar-refractivity contribution in [2.45, 2.75) is 12.8 Å². The van der Waals surface area contributed by atoms with Gasteiger partial charge in [0.2, 0.25) is 12.3 Å². The summed E-state index contributed by atoms with van der Waals surface area (Å²) in [6.45, 7) is -0.0766. The van der Waals surface area contributed by atoms with Crippen molar-refractivity contribution < 1.29 is 18.6 Å². The van der Waals surface area contributed by atoms with Gasteiger partial charge in [0.1, 0.15) is 5.69 Å². The van der Waals surface area contributed by atoms with Crippen LogP contribution in [0.25, 0.3) is 17.2 Å². The number of halogens is 2. The molecule has 1 fully saturated rings. The van der Waals surface area contributed by atoms with Crippen LogP contribution >= 0.6 is 23.2 Å². The SMILES string of the molecule is CN(CC(N)=O)C(=O)c1c(N(C=O)CC2CCS(=O)CC2)nc(-c2ncccc2Cl)n1-c1ccc(Cl)cc1. The number of carbonyl (C=O) groups excluding carboxylic acids is 3. The highest BCUT2D eigenvalue weighted by Crippen LogP contribution is 2.35. The molecular weight excluding hydrogens is 551 g/mol. The van der Waals surface area contributed by atoms with Crippen LogP contribution in [0.4, 0.5) is 5.82 Å². The zero-order valence-electron chi connectivity index (χ0n) is 20.5. The van der Waals surface area contributed by atoms with Crippen molar-refractivity contribution >= 4 is 58.0 Å². The molecule has 1 aliphatic heterocycles. The first-order chi connectivity index (χ1) is 18.2. The molecule has 0 spiro atoms. The standard InChI is InChI=1S/C25H26Cl2N6O4S/c1-31(14-20(28)35)25(36)22-24(32(15-34)13-16-8-11-38(37)12-9-16)30-23(21-19(27)3-2-10-29-21)33(22)18-6-4-17(26)5-7-18/h2-7,10,15-16H,8-9,11-14H2,1H3,(H2,28,35). The number of imidazole rings is 1. The fourth-order valence-electron chi connectivity index (χ4n) is 4.32. The lowest BCUT2D eigenvalue weighted by Crippen LogP contribution is -2.38. The lowest BCUT2D eigenvalue weighted by atomic mass is 10.0. The molecule has 38 heavy (non-hydrogen) atoms. The van der Waals surface area contributed by atoms with Crippen molar-refractivity contribution in [3.05, 3.63) is 58.3 Å². The lowest BCUT2D eigenvalue weighted by Gasteiger charge is -2.27. The summed E-state index contributed by atoms with van der Waals surface area (Å²) < 4.78 is 13.4. The number of nitrogens with zero attached hydrogens (tertiary/aromatic N) is 5. The summed E-state index contributed by atoms with van der Waals surface area (Å²) in [5.41, 5.74) is 6.19. The number of carbonyl (C=O) groups is 3. The average molecular weight is 577 g/mol. The molecule has 0 aliphatic carbocycles. The van der Waals surface area contributed by atoms with Gasteiger partial charge in [0.25, 0.3) is 5.91 Å². The first kappa shape index (κ1) is 27.7. The van der Waals surface area contributed by atoms with Crippen molar-refractivity contribution in [1.82, 2.24) is 19.4 Å². The molecule has 200 valence electrons. The normalized spacial score (nSPS) is 17.1. The molecule has 1 aromatic carbocycles. The van der Waals surface area contributed by atoms with Gasteiger partial charge in [0.15, 0.2) is 17.3 Å². The van der Waals surface area contributed by atoms with E-state index in [-0.39, 0.29) is 41.4 Å². The molecule has 2 aromatic heterocycles. The summed E-state index contributed by atoms with van der Waals surface area (Å²) >= 11 is 12.6. The molecule has 0 unspecified atom stereocenters. The van der Waals surface area contributed by atoms with Crippen molar-refractivity contribution in [1.29, 1.82) is 0 Å². The van der Waals surface area contributed by atoms with E-state index in [2.05, 4.69) is 4.98 Å². The highest BCUT2D eigenvalue weighted by Gasteiger charge is 2.33. The predicted octanol–water partition coefficient (Wildman–Crippen LogP) is 2.92.